The fourth-order valence-electron chi connectivity index (χ4n) is 5.31. The van der Waals surface area contributed by atoms with Crippen LogP contribution in [0.1, 0.15) is 105 Å². The van der Waals surface area contributed by atoms with E-state index < -0.39 is 23.0 Å². The summed E-state index contributed by atoms with van der Waals surface area (Å²) in [6.45, 7) is 15.2. The Morgan fingerprint density at radius 3 is 1.81 bits per heavy atom. The molecule has 43 heavy (non-hydrogen) atoms. The number of methoxy groups -OCH3 is 1. The standard InChI is InChI=1S/C14H20O4.C8H14O2.C7H10O3.C4H8O/c1-10(2)11(15)18-13(3)9-17-12(16)14(13)7-5-4-6-8-14;1-10-8(9)7-5-3-2-4-6-7;1-5(2)7(9)10-4-6(3)8;1-2-4-5-3-1/h1,4-9H2,2-3H3;7H,2-6H2,1H3;1,4H2,2-3H3;1-4H2. The van der Waals surface area contributed by atoms with Gasteiger partial charge in [0.2, 0.25) is 0 Å². The van der Waals surface area contributed by atoms with Crippen LogP contribution >= 0.6 is 0 Å². The van der Waals surface area contributed by atoms with Crippen molar-refractivity contribution < 1.29 is 47.7 Å². The minimum Gasteiger partial charge on any atom is -0.469 e. The van der Waals surface area contributed by atoms with E-state index in [0.717, 1.165) is 58.2 Å². The molecular weight excluding hydrogens is 556 g/mol. The van der Waals surface area contributed by atoms with Crippen LogP contribution in [0.5, 0.6) is 0 Å². The SMILES string of the molecule is C1CCOC1.C=C(C)C(=O)OC1(C)COC(=O)C12CCCCC2.C=C(C)C(=O)OCC(C)=O.COC(=O)C1CCCCC1. The minimum absolute atomic E-state index is 0.0142. The van der Waals surface area contributed by atoms with Crippen molar-refractivity contribution in [3.63, 3.8) is 0 Å². The minimum atomic E-state index is -0.847. The Balaban J connectivity index is 0.000000315. The van der Waals surface area contributed by atoms with Gasteiger partial charge in [0.1, 0.15) is 18.6 Å². The highest BCUT2D eigenvalue weighted by molar-refractivity contribution is 5.89. The van der Waals surface area contributed by atoms with Gasteiger partial charge in [0.05, 0.1) is 13.0 Å². The van der Waals surface area contributed by atoms with E-state index >= 15 is 0 Å². The van der Waals surface area contributed by atoms with Gasteiger partial charge in [-0.05, 0) is 66.2 Å². The Morgan fingerprint density at radius 1 is 0.837 bits per heavy atom. The number of ketones is 1. The van der Waals surface area contributed by atoms with E-state index in [1.54, 1.807) is 6.92 Å². The van der Waals surface area contributed by atoms with Crippen LogP contribution in [-0.2, 0) is 47.7 Å². The van der Waals surface area contributed by atoms with Gasteiger partial charge in [-0.15, -0.1) is 0 Å². The zero-order valence-corrected chi connectivity index (χ0v) is 26.9. The van der Waals surface area contributed by atoms with E-state index in [1.807, 2.05) is 6.92 Å². The molecule has 0 aromatic rings. The highest BCUT2D eigenvalue weighted by Crippen LogP contribution is 2.51. The van der Waals surface area contributed by atoms with Crippen molar-refractivity contribution in [3.05, 3.63) is 24.3 Å². The van der Waals surface area contributed by atoms with Crippen LogP contribution in [0.15, 0.2) is 24.3 Å². The lowest BCUT2D eigenvalue weighted by atomic mass is 9.65. The van der Waals surface area contributed by atoms with E-state index in [2.05, 4.69) is 22.6 Å². The van der Waals surface area contributed by atoms with Crippen LogP contribution in [-0.4, -0.2) is 68.8 Å². The summed E-state index contributed by atoms with van der Waals surface area (Å²) in [7, 11) is 1.47. The van der Waals surface area contributed by atoms with Gasteiger partial charge in [-0.1, -0.05) is 51.7 Å². The predicted octanol–water partition coefficient (Wildman–Crippen LogP) is 5.60. The Morgan fingerprint density at radius 2 is 1.37 bits per heavy atom. The number of esters is 4. The van der Waals surface area contributed by atoms with Crippen LogP contribution in [0.25, 0.3) is 0 Å². The quantitative estimate of drug-likeness (QED) is 0.213. The molecule has 4 aliphatic rings. The Labute approximate surface area is 256 Å². The number of hydrogen-bond acceptors (Lipinski definition) is 10. The molecule has 0 aromatic carbocycles. The number of carbonyl (C=O) groups excluding carboxylic acids is 5. The molecule has 0 N–H and O–H groups in total. The average molecular weight is 609 g/mol. The third-order valence-electron chi connectivity index (χ3n) is 7.98. The largest absolute Gasteiger partial charge is 0.469 e. The zero-order chi connectivity index (χ0) is 32.5. The molecule has 2 aliphatic heterocycles. The van der Waals surface area contributed by atoms with Crippen molar-refractivity contribution in [3.8, 4) is 0 Å². The highest BCUT2D eigenvalue weighted by atomic mass is 16.6. The Kier molecular flexibility index (Phi) is 17.1. The molecule has 0 radical (unpaired) electrons. The van der Waals surface area contributed by atoms with Gasteiger partial charge in [0.25, 0.3) is 0 Å². The maximum absolute atomic E-state index is 12.1. The van der Waals surface area contributed by atoms with Crippen LogP contribution < -0.4 is 0 Å². The molecule has 10 heteroatoms. The van der Waals surface area contributed by atoms with Crippen LogP contribution in [0, 0.1) is 11.3 Å². The molecule has 4 fully saturated rings. The molecule has 4 rings (SSSR count). The second-order valence-corrected chi connectivity index (χ2v) is 11.9. The first kappa shape index (κ1) is 38.0. The molecule has 1 spiro atoms. The Hall–Kier alpha value is -3.01. The predicted molar refractivity (Wildman–Crippen MR) is 161 cm³/mol. The number of rotatable bonds is 6. The van der Waals surface area contributed by atoms with E-state index in [4.69, 9.17) is 14.2 Å². The molecule has 0 aromatic heterocycles. The fraction of sp³-hybridized carbons (Fsp3) is 0.727. The van der Waals surface area contributed by atoms with Gasteiger partial charge >= 0.3 is 23.9 Å². The van der Waals surface area contributed by atoms with E-state index in [1.165, 1.54) is 53.1 Å². The molecule has 0 bridgehead atoms. The summed E-state index contributed by atoms with van der Waals surface area (Å²) in [6.07, 6.45) is 12.9. The second kappa shape index (κ2) is 19.3. The first-order valence-corrected chi connectivity index (χ1v) is 15.3. The molecule has 1 atom stereocenters. The fourth-order valence-corrected chi connectivity index (χ4v) is 5.31. The third kappa shape index (κ3) is 12.6. The van der Waals surface area contributed by atoms with Crippen LogP contribution in [0.2, 0.25) is 0 Å². The Bertz CT molecular complexity index is 961. The molecule has 2 saturated carbocycles. The van der Waals surface area contributed by atoms with Crippen molar-refractivity contribution in [2.24, 2.45) is 11.3 Å². The topological polar surface area (TPSA) is 132 Å². The van der Waals surface area contributed by atoms with Gasteiger partial charge in [0, 0.05) is 24.4 Å². The molecule has 2 saturated heterocycles. The maximum atomic E-state index is 12.1. The van der Waals surface area contributed by atoms with Gasteiger partial charge in [-0.25, -0.2) is 9.59 Å². The van der Waals surface area contributed by atoms with E-state index in [0.29, 0.717) is 11.1 Å². The summed E-state index contributed by atoms with van der Waals surface area (Å²) in [4.78, 5) is 55.6. The van der Waals surface area contributed by atoms with Gasteiger partial charge in [0.15, 0.2) is 11.4 Å². The first-order chi connectivity index (χ1) is 20.3. The van der Waals surface area contributed by atoms with E-state index in [-0.39, 0.29) is 36.9 Å². The van der Waals surface area contributed by atoms with Gasteiger partial charge in [-0.3, -0.25) is 14.4 Å². The lowest BCUT2D eigenvalue weighted by Gasteiger charge is -2.40. The van der Waals surface area contributed by atoms with Crippen molar-refractivity contribution in [1.82, 2.24) is 0 Å². The number of cyclic esters (lactones) is 1. The third-order valence-corrected chi connectivity index (χ3v) is 7.98. The monoisotopic (exact) mass is 608 g/mol. The molecule has 0 amide bonds. The summed E-state index contributed by atoms with van der Waals surface area (Å²) in [5.74, 6) is -1.15. The van der Waals surface area contributed by atoms with Crippen LogP contribution in [0.4, 0.5) is 0 Å². The second-order valence-electron chi connectivity index (χ2n) is 11.9. The number of ether oxygens (including phenoxy) is 5. The summed E-state index contributed by atoms with van der Waals surface area (Å²) < 4.78 is 24.8. The zero-order valence-electron chi connectivity index (χ0n) is 26.9. The van der Waals surface area contributed by atoms with Crippen molar-refractivity contribution in [2.75, 3.05) is 33.5 Å². The number of Topliss-reactive ketones (excluding diaryl/α,β-unsaturated/α-hetero) is 1. The molecular formula is C33H52O10. The maximum Gasteiger partial charge on any atom is 0.333 e. The normalized spacial score (nSPS) is 22.1. The van der Waals surface area contributed by atoms with Gasteiger partial charge < -0.3 is 23.7 Å². The summed E-state index contributed by atoms with van der Waals surface area (Å²) in [5, 5.41) is 0. The first-order valence-electron chi connectivity index (χ1n) is 15.3. The summed E-state index contributed by atoms with van der Waals surface area (Å²) in [6, 6.07) is 0. The van der Waals surface area contributed by atoms with Gasteiger partial charge in [-0.2, -0.15) is 0 Å². The molecule has 2 aliphatic carbocycles. The summed E-state index contributed by atoms with van der Waals surface area (Å²) >= 11 is 0. The lowest BCUT2D eigenvalue weighted by Crippen LogP contribution is -2.51. The number of carbonyl (C=O) groups is 5. The van der Waals surface area contributed by atoms with Crippen molar-refractivity contribution in [2.45, 2.75) is 110 Å². The molecule has 244 valence electrons. The van der Waals surface area contributed by atoms with Crippen molar-refractivity contribution in [1.29, 1.82) is 0 Å². The van der Waals surface area contributed by atoms with E-state index in [9.17, 15) is 24.0 Å². The smallest absolute Gasteiger partial charge is 0.333 e. The summed E-state index contributed by atoms with van der Waals surface area (Å²) in [5.41, 5.74) is -0.834. The number of hydrogen-bond donors (Lipinski definition) is 0. The lowest BCUT2D eigenvalue weighted by molar-refractivity contribution is -0.168. The molecule has 10 nitrogen and oxygen atoms in total. The van der Waals surface area contributed by atoms with Crippen LogP contribution in [0.3, 0.4) is 0 Å². The van der Waals surface area contributed by atoms with Crippen molar-refractivity contribution >= 4 is 29.7 Å². The molecule has 1 unspecified atom stereocenters. The average Bonchev–Trinajstić information content (AvgIpc) is 3.66. The molecule has 2 heterocycles. The highest BCUT2D eigenvalue weighted by Gasteiger charge is 2.62.